The molecule has 30 heavy (non-hydrogen) atoms. The molecule has 1 atom stereocenters. The molecule has 0 unspecified atom stereocenters. The lowest BCUT2D eigenvalue weighted by molar-refractivity contribution is -0.123. The molecule has 1 aromatic carbocycles. The number of imide groups is 1. The van der Waals surface area contributed by atoms with E-state index in [0.29, 0.717) is 5.75 Å². The second-order valence-electron chi connectivity index (χ2n) is 6.66. The number of halogens is 1. The van der Waals surface area contributed by atoms with Crippen molar-refractivity contribution < 1.29 is 28.3 Å². The molecular formula is C21H21BrN2O6. The van der Waals surface area contributed by atoms with Crippen molar-refractivity contribution in [2.45, 2.75) is 32.9 Å². The summed E-state index contributed by atoms with van der Waals surface area (Å²) >= 11 is 3.47. The minimum Gasteiger partial charge on any atom is -0.490 e. The summed E-state index contributed by atoms with van der Waals surface area (Å²) < 4.78 is 16.5. The highest BCUT2D eigenvalue weighted by atomic mass is 79.9. The molecule has 1 N–H and O–H groups in total. The van der Waals surface area contributed by atoms with Crippen molar-refractivity contribution in [3.63, 3.8) is 0 Å². The molecule has 0 bridgehead atoms. The van der Waals surface area contributed by atoms with Crippen LogP contribution in [0.3, 0.4) is 0 Å². The van der Waals surface area contributed by atoms with E-state index < -0.39 is 17.9 Å². The van der Waals surface area contributed by atoms with Crippen LogP contribution in [0.5, 0.6) is 5.75 Å². The van der Waals surface area contributed by atoms with Crippen molar-refractivity contribution in [1.29, 1.82) is 0 Å². The molecular weight excluding hydrogens is 456 g/mol. The maximum absolute atomic E-state index is 12.7. The van der Waals surface area contributed by atoms with Crippen LogP contribution in [-0.4, -0.2) is 36.0 Å². The molecule has 9 heteroatoms. The number of hydrogen-bond acceptors (Lipinski definition) is 6. The Bertz CT molecular complexity index is 1010. The predicted molar refractivity (Wildman–Crippen MR) is 112 cm³/mol. The van der Waals surface area contributed by atoms with E-state index in [2.05, 4.69) is 26.0 Å². The van der Waals surface area contributed by atoms with Crippen LogP contribution < -0.4 is 10.1 Å². The summed E-state index contributed by atoms with van der Waals surface area (Å²) in [6.45, 7) is 3.91. The van der Waals surface area contributed by atoms with Crippen molar-refractivity contribution in [2.24, 2.45) is 0 Å². The number of nitrogens with one attached hydrogen (secondary N) is 1. The van der Waals surface area contributed by atoms with Gasteiger partial charge in [0.15, 0.2) is 0 Å². The van der Waals surface area contributed by atoms with Gasteiger partial charge >= 0.3 is 12.0 Å². The molecule has 0 spiro atoms. The summed E-state index contributed by atoms with van der Waals surface area (Å²) in [7, 11) is 1.24. The number of methoxy groups -OCH3 is 1. The van der Waals surface area contributed by atoms with Gasteiger partial charge in [-0.3, -0.25) is 9.69 Å². The first-order valence-electron chi connectivity index (χ1n) is 9.30. The minimum absolute atomic E-state index is 0.000120. The summed E-state index contributed by atoms with van der Waals surface area (Å²) in [6.07, 6.45) is 2.54. The standard InChI is InChI=1S/C21H21BrN2O6/c1-4-12(2)29-17-7-5-13(9-15(17)22)10-16-19(25)24(21(27)23-16)11-14-6-8-18(30-14)20(26)28-3/h5-10,12H,4,11H2,1-3H3,(H,23,27)/b16-10-/t12-/m0/s1. The summed E-state index contributed by atoms with van der Waals surface area (Å²) in [5.74, 6) is -0.138. The summed E-state index contributed by atoms with van der Waals surface area (Å²) in [4.78, 5) is 37.4. The number of ether oxygens (including phenoxy) is 2. The molecule has 1 saturated heterocycles. The number of carbonyl (C=O) groups is 3. The molecule has 2 heterocycles. The molecule has 3 amide bonds. The Hall–Kier alpha value is -3.07. The third-order valence-corrected chi connectivity index (χ3v) is 5.11. The number of furan rings is 1. The van der Waals surface area contributed by atoms with Crippen LogP contribution in [0.1, 0.15) is 42.1 Å². The maximum Gasteiger partial charge on any atom is 0.373 e. The third-order valence-electron chi connectivity index (χ3n) is 4.49. The Morgan fingerprint density at radius 1 is 1.30 bits per heavy atom. The first kappa shape index (κ1) is 21.6. The van der Waals surface area contributed by atoms with Crippen LogP contribution in [-0.2, 0) is 16.1 Å². The zero-order valence-corrected chi connectivity index (χ0v) is 18.3. The highest BCUT2D eigenvalue weighted by Gasteiger charge is 2.34. The highest BCUT2D eigenvalue weighted by molar-refractivity contribution is 9.10. The van der Waals surface area contributed by atoms with E-state index >= 15 is 0 Å². The van der Waals surface area contributed by atoms with Crippen molar-refractivity contribution in [1.82, 2.24) is 10.2 Å². The first-order chi connectivity index (χ1) is 14.3. The maximum atomic E-state index is 12.7. The van der Waals surface area contributed by atoms with Crippen LogP contribution >= 0.6 is 15.9 Å². The van der Waals surface area contributed by atoms with Crippen LogP contribution in [0, 0.1) is 0 Å². The fraction of sp³-hybridized carbons (Fsp3) is 0.286. The van der Waals surface area contributed by atoms with Crippen molar-refractivity contribution in [2.75, 3.05) is 7.11 Å². The monoisotopic (exact) mass is 476 g/mol. The molecule has 1 aliphatic rings. The average Bonchev–Trinajstić information content (AvgIpc) is 3.30. The van der Waals surface area contributed by atoms with Gasteiger partial charge in [0.05, 0.1) is 24.2 Å². The molecule has 1 aliphatic heterocycles. The van der Waals surface area contributed by atoms with E-state index in [9.17, 15) is 14.4 Å². The van der Waals surface area contributed by atoms with Gasteiger partial charge in [0.25, 0.3) is 5.91 Å². The number of hydrogen-bond donors (Lipinski definition) is 1. The molecule has 1 fully saturated rings. The summed E-state index contributed by atoms with van der Waals surface area (Å²) in [5.41, 5.74) is 0.858. The number of benzene rings is 1. The highest BCUT2D eigenvalue weighted by Crippen LogP contribution is 2.28. The molecule has 2 aromatic rings. The van der Waals surface area contributed by atoms with E-state index in [1.165, 1.54) is 19.2 Å². The molecule has 1 aromatic heterocycles. The van der Waals surface area contributed by atoms with E-state index in [1.54, 1.807) is 18.2 Å². The largest absolute Gasteiger partial charge is 0.490 e. The van der Waals surface area contributed by atoms with E-state index in [0.717, 1.165) is 21.4 Å². The Labute approximate surface area is 181 Å². The van der Waals surface area contributed by atoms with Gasteiger partial charge in [-0.25, -0.2) is 9.59 Å². The van der Waals surface area contributed by atoms with E-state index in [4.69, 9.17) is 9.15 Å². The van der Waals surface area contributed by atoms with Gasteiger partial charge in [0, 0.05) is 0 Å². The lowest BCUT2D eigenvalue weighted by Crippen LogP contribution is -2.30. The van der Waals surface area contributed by atoms with Gasteiger partial charge in [0.1, 0.15) is 17.2 Å². The number of urea groups is 1. The zero-order valence-electron chi connectivity index (χ0n) is 16.7. The van der Waals surface area contributed by atoms with Gasteiger partial charge in [-0.05, 0) is 65.2 Å². The number of amides is 3. The average molecular weight is 477 g/mol. The fourth-order valence-electron chi connectivity index (χ4n) is 2.71. The smallest absolute Gasteiger partial charge is 0.373 e. The second kappa shape index (κ2) is 9.17. The molecule has 3 rings (SSSR count). The summed E-state index contributed by atoms with van der Waals surface area (Å²) in [6, 6.07) is 7.78. The normalized spacial score (nSPS) is 16.0. The number of rotatable bonds is 7. The Kier molecular flexibility index (Phi) is 6.61. The molecule has 158 valence electrons. The van der Waals surface area contributed by atoms with Crippen LogP contribution in [0.25, 0.3) is 6.08 Å². The molecule has 0 saturated carbocycles. The lowest BCUT2D eigenvalue weighted by Gasteiger charge is -2.14. The second-order valence-corrected chi connectivity index (χ2v) is 7.52. The number of nitrogens with zero attached hydrogens (tertiary/aromatic N) is 1. The number of carbonyl (C=O) groups excluding carboxylic acids is 3. The number of esters is 1. The van der Waals surface area contributed by atoms with Gasteiger partial charge in [-0.15, -0.1) is 0 Å². The van der Waals surface area contributed by atoms with E-state index in [-0.39, 0.29) is 29.9 Å². The van der Waals surface area contributed by atoms with Crippen molar-refractivity contribution in [3.05, 3.63) is 57.6 Å². The fourth-order valence-corrected chi connectivity index (χ4v) is 3.20. The Morgan fingerprint density at radius 3 is 2.73 bits per heavy atom. The van der Waals surface area contributed by atoms with Gasteiger partial charge in [-0.1, -0.05) is 13.0 Å². The van der Waals surface area contributed by atoms with Crippen LogP contribution in [0.2, 0.25) is 0 Å². The van der Waals surface area contributed by atoms with Crippen LogP contribution in [0.4, 0.5) is 4.79 Å². The first-order valence-corrected chi connectivity index (χ1v) is 10.1. The molecule has 8 nitrogen and oxygen atoms in total. The topological polar surface area (TPSA) is 98.1 Å². The SMILES string of the molecule is CC[C@H](C)Oc1ccc(/C=C2\NC(=O)N(Cc3ccc(C(=O)OC)o3)C2=O)cc1Br. The third kappa shape index (κ3) is 4.73. The lowest BCUT2D eigenvalue weighted by atomic mass is 10.2. The molecule has 0 aliphatic carbocycles. The van der Waals surface area contributed by atoms with Crippen molar-refractivity contribution >= 4 is 39.9 Å². The van der Waals surface area contributed by atoms with E-state index in [1.807, 2.05) is 19.9 Å². The Morgan fingerprint density at radius 2 is 2.07 bits per heavy atom. The van der Waals surface area contributed by atoms with Gasteiger partial charge in [-0.2, -0.15) is 0 Å². The predicted octanol–water partition coefficient (Wildman–Crippen LogP) is 4.10. The van der Waals surface area contributed by atoms with Crippen molar-refractivity contribution in [3.8, 4) is 5.75 Å². The molecule has 0 radical (unpaired) electrons. The Balaban J connectivity index is 1.74. The van der Waals surface area contributed by atoms with Gasteiger partial charge in [0.2, 0.25) is 5.76 Å². The quantitative estimate of drug-likeness (QED) is 0.367. The van der Waals surface area contributed by atoms with Crippen LogP contribution in [0.15, 0.2) is 44.9 Å². The minimum atomic E-state index is -0.634. The summed E-state index contributed by atoms with van der Waals surface area (Å²) in [5, 5.41) is 2.56. The van der Waals surface area contributed by atoms with Gasteiger partial charge < -0.3 is 19.2 Å². The zero-order chi connectivity index (χ0) is 21.8.